The summed E-state index contributed by atoms with van der Waals surface area (Å²) < 4.78 is 0. The predicted molar refractivity (Wildman–Crippen MR) is 118 cm³/mol. The van der Waals surface area contributed by atoms with Crippen LogP contribution in [0.25, 0.3) is 44.3 Å². The van der Waals surface area contributed by atoms with Gasteiger partial charge in [-0.2, -0.15) is 0 Å². The van der Waals surface area contributed by atoms with E-state index in [9.17, 15) is 0 Å². The van der Waals surface area contributed by atoms with Crippen LogP contribution < -0.4 is 0 Å². The highest BCUT2D eigenvalue weighted by atomic mass is 32.1. The van der Waals surface area contributed by atoms with Gasteiger partial charge in [-0.3, -0.25) is 0 Å². The Balaban J connectivity index is 1.57. The lowest BCUT2D eigenvalue weighted by atomic mass is 10.0. The lowest BCUT2D eigenvalue weighted by Gasteiger charge is -2.02. The van der Waals surface area contributed by atoms with Crippen molar-refractivity contribution in [1.82, 2.24) is 9.97 Å². The number of nitrogens with zero attached hydrogens (tertiary/aromatic N) is 1. The van der Waals surface area contributed by atoms with Crippen LogP contribution in [-0.4, -0.2) is 9.97 Å². The Kier molecular flexibility index (Phi) is 4.36. The molecule has 1 N–H and O–H groups in total. The molecule has 2 heterocycles. The standard InChI is InChI=1S/C25H18N2S/c1-3-8-18(9-4-1)19-13-15-21(16-14-19)25-26-23(20-10-5-2-6-11-20)24(27-25)22-12-7-17-28-22/h1-17H,(H,26,27). The quantitative estimate of drug-likeness (QED) is 0.354. The highest BCUT2D eigenvalue weighted by molar-refractivity contribution is 7.13. The lowest BCUT2D eigenvalue weighted by molar-refractivity contribution is 1.31. The summed E-state index contributed by atoms with van der Waals surface area (Å²) in [5.74, 6) is 0.891. The zero-order valence-electron chi connectivity index (χ0n) is 15.2. The minimum Gasteiger partial charge on any atom is -0.337 e. The molecule has 0 aliphatic heterocycles. The molecule has 0 unspecified atom stereocenters. The summed E-state index contributed by atoms with van der Waals surface area (Å²) in [6.45, 7) is 0. The van der Waals surface area contributed by atoms with Crippen molar-refractivity contribution in [2.75, 3.05) is 0 Å². The molecule has 0 saturated heterocycles. The van der Waals surface area contributed by atoms with Gasteiger partial charge in [0.1, 0.15) is 5.82 Å². The van der Waals surface area contributed by atoms with E-state index in [4.69, 9.17) is 4.98 Å². The van der Waals surface area contributed by atoms with Crippen molar-refractivity contribution in [2.24, 2.45) is 0 Å². The van der Waals surface area contributed by atoms with Gasteiger partial charge >= 0.3 is 0 Å². The Morgan fingerprint density at radius 3 is 1.82 bits per heavy atom. The Morgan fingerprint density at radius 1 is 0.571 bits per heavy atom. The number of imidazole rings is 1. The van der Waals surface area contributed by atoms with Crippen molar-refractivity contribution >= 4 is 11.3 Å². The van der Waals surface area contributed by atoms with Gasteiger partial charge in [0.15, 0.2) is 0 Å². The molecule has 3 heteroatoms. The smallest absolute Gasteiger partial charge is 0.138 e. The predicted octanol–water partition coefficient (Wildman–Crippen LogP) is 7.14. The van der Waals surface area contributed by atoms with Crippen molar-refractivity contribution in [3.63, 3.8) is 0 Å². The highest BCUT2D eigenvalue weighted by Crippen LogP contribution is 2.35. The van der Waals surface area contributed by atoms with Crippen molar-refractivity contribution in [3.8, 4) is 44.3 Å². The summed E-state index contributed by atoms with van der Waals surface area (Å²) in [6.07, 6.45) is 0. The summed E-state index contributed by atoms with van der Waals surface area (Å²) in [5, 5.41) is 2.10. The first-order valence-corrected chi connectivity index (χ1v) is 10.1. The second-order valence-corrected chi connectivity index (χ2v) is 7.54. The van der Waals surface area contributed by atoms with Gasteiger partial charge in [-0.25, -0.2) is 4.98 Å². The molecule has 0 amide bonds. The Bertz CT molecular complexity index is 1170. The number of nitrogens with one attached hydrogen (secondary N) is 1. The van der Waals surface area contributed by atoms with Crippen molar-refractivity contribution in [2.45, 2.75) is 0 Å². The van der Waals surface area contributed by atoms with Gasteiger partial charge in [-0.05, 0) is 22.6 Å². The second kappa shape index (κ2) is 7.29. The van der Waals surface area contributed by atoms with Crippen LogP contribution in [0.4, 0.5) is 0 Å². The maximum absolute atomic E-state index is 4.96. The zero-order valence-corrected chi connectivity index (χ0v) is 16.0. The Labute approximate surface area is 168 Å². The minimum absolute atomic E-state index is 0.891. The van der Waals surface area contributed by atoms with E-state index in [1.165, 1.54) is 16.0 Å². The molecular formula is C25H18N2S. The van der Waals surface area contributed by atoms with E-state index in [0.29, 0.717) is 0 Å². The zero-order chi connectivity index (χ0) is 18.8. The minimum atomic E-state index is 0.891. The van der Waals surface area contributed by atoms with Crippen LogP contribution in [-0.2, 0) is 0 Å². The molecule has 28 heavy (non-hydrogen) atoms. The molecule has 0 fully saturated rings. The fourth-order valence-corrected chi connectivity index (χ4v) is 4.09. The van der Waals surface area contributed by atoms with Crippen LogP contribution in [0.2, 0.25) is 0 Å². The van der Waals surface area contributed by atoms with E-state index in [0.717, 1.165) is 28.3 Å². The third kappa shape index (κ3) is 3.17. The van der Waals surface area contributed by atoms with E-state index >= 15 is 0 Å². The van der Waals surface area contributed by atoms with Crippen LogP contribution in [0.3, 0.4) is 0 Å². The molecule has 2 aromatic heterocycles. The number of aromatic nitrogens is 2. The van der Waals surface area contributed by atoms with E-state index in [2.05, 4.69) is 95.3 Å². The molecule has 134 valence electrons. The van der Waals surface area contributed by atoms with E-state index in [-0.39, 0.29) is 0 Å². The van der Waals surface area contributed by atoms with Gasteiger partial charge in [-0.1, -0.05) is 91.0 Å². The Morgan fingerprint density at radius 2 is 1.18 bits per heavy atom. The van der Waals surface area contributed by atoms with Crippen molar-refractivity contribution in [3.05, 3.63) is 102 Å². The van der Waals surface area contributed by atoms with E-state index < -0.39 is 0 Å². The first-order valence-electron chi connectivity index (χ1n) is 9.24. The summed E-state index contributed by atoms with van der Waals surface area (Å²) in [4.78, 5) is 9.71. The van der Waals surface area contributed by atoms with E-state index in [1.807, 2.05) is 12.1 Å². The van der Waals surface area contributed by atoms with Crippen molar-refractivity contribution in [1.29, 1.82) is 0 Å². The molecular weight excluding hydrogens is 360 g/mol. The lowest BCUT2D eigenvalue weighted by Crippen LogP contribution is -1.82. The van der Waals surface area contributed by atoms with Gasteiger partial charge in [0, 0.05) is 11.1 Å². The van der Waals surface area contributed by atoms with Gasteiger partial charge in [0.05, 0.1) is 16.3 Å². The number of thiophene rings is 1. The molecule has 0 saturated carbocycles. The molecule has 0 atom stereocenters. The van der Waals surface area contributed by atoms with Crippen LogP contribution in [0.15, 0.2) is 102 Å². The number of aromatic amines is 1. The van der Waals surface area contributed by atoms with Gasteiger partial charge < -0.3 is 4.98 Å². The number of hydrogen-bond donors (Lipinski definition) is 1. The fourth-order valence-electron chi connectivity index (χ4n) is 3.37. The average molecular weight is 378 g/mol. The molecule has 5 aromatic rings. The first-order chi connectivity index (χ1) is 13.9. The molecule has 0 radical (unpaired) electrons. The maximum Gasteiger partial charge on any atom is 0.138 e. The molecule has 0 aliphatic carbocycles. The number of hydrogen-bond acceptors (Lipinski definition) is 2. The summed E-state index contributed by atoms with van der Waals surface area (Å²) >= 11 is 1.72. The largest absolute Gasteiger partial charge is 0.337 e. The molecule has 2 nitrogen and oxygen atoms in total. The Hall–Kier alpha value is -3.43. The van der Waals surface area contributed by atoms with Crippen LogP contribution in [0.1, 0.15) is 0 Å². The van der Waals surface area contributed by atoms with Crippen LogP contribution in [0.5, 0.6) is 0 Å². The maximum atomic E-state index is 4.96. The van der Waals surface area contributed by atoms with Crippen LogP contribution in [0, 0.1) is 0 Å². The second-order valence-electron chi connectivity index (χ2n) is 6.60. The molecule has 0 bridgehead atoms. The van der Waals surface area contributed by atoms with E-state index in [1.54, 1.807) is 11.3 Å². The SMILES string of the molecule is c1ccc(-c2ccc(-c3nc(-c4ccccc4)c(-c4cccs4)[nH]3)cc2)cc1. The summed E-state index contributed by atoms with van der Waals surface area (Å²) in [6, 6.07) is 33.6. The first kappa shape index (κ1) is 16.7. The van der Waals surface area contributed by atoms with Gasteiger partial charge in [0.25, 0.3) is 0 Å². The monoisotopic (exact) mass is 378 g/mol. The summed E-state index contributed by atoms with van der Waals surface area (Å²) in [5.41, 5.74) is 6.69. The molecule has 0 aliphatic rings. The fraction of sp³-hybridized carbons (Fsp3) is 0. The molecule has 3 aromatic carbocycles. The third-order valence-electron chi connectivity index (χ3n) is 4.78. The number of benzene rings is 3. The molecule has 5 rings (SSSR count). The van der Waals surface area contributed by atoms with Crippen LogP contribution >= 0.6 is 11.3 Å². The van der Waals surface area contributed by atoms with Crippen molar-refractivity contribution < 1.29 is 0 Å². The number of rotatable bonds is 4. The highest BCUT2D eigenvalue weighted by Gasteiger charge is 2.15. The molecule has 0 spiro atoms. The average Bonchev–Trinajstić information content (AvgIpc) is 3.45. The number of H-pyrrole nitrogens is 1. The van der Waals surface area contributed by atoms with Gasteiger partial charge in [0.2, 0.25) is 0 Å². The normalized spacial score (nSPS) is 10.9. The topological polar surface area (TPSA) is 28.7 Å². The summed E-state index contributed by atoms with van der Waals surface area (Å²) in [7, 11) is 0. The van der Waals surface area contributed by atoms with Gasteiger partial charge in [-0.15, -0.1) is 11.3 Å². The third-order valence-corrected chi connectivity index (χ3v) is 5.67.